The quantitative estimate of drug-likeness (QED) is 0.235. The number of ether oxygens (including phenoxy) is 4. The van der Waals surface area contributed by atoms with E-state index in [1.54, 1.807) is 18.2 Å². The summed E-state index contributed by atoms with van der Waals surface area (Å²) >= 11 is 11.9. The average Bonchev–Trinajstić information content (AvgIpc) is 2.83. The van der Waals surface area contributed by atoms with E-state index in [1.165, 1.54) is 6.07 Å². The van der Waals surface area contributed by atoms with Crippen LogP contribution in [0.15, 0.2) is 30.3 Å². The van der Waals surface area contributed by atoms with Crippen LogP contribution in [0.3, 0.4) is 0 Å². The molecule has 0 unspecified atom stereocenters. The van der Waals surface area contributed by atoms with Crippen molar-refractivity contribution in [3.8, 4) is 5.75 Å². The third kappa shape index (κ3) is 7.87. The number of hydrogen-bond acceptors (Lipinski definition) is 8. The molecular weight excluding hydrogens is 502 g/mol. The number of fused-ring (bicyclic) bond motifs is 1. The topological polar surface area (TPSA) is 118 Å². The lowest BCUT2D eigenvalue weighted by molar-refractivity contribution is 0.0114. The van der Waals surface area contributed by atoms with Crippen molar-refractivity contribution in [3.63, 3.8) is 0 Å². The van der Waals surface area contributed by atoms with Crippen molar-refractivity contribution in [1.82, 2.24) is 9.97 Å². The number of hydrogen-bond donors (Lipinski definition) is 2. The van der Waals surface area contributed by atoms with Gasteiger partial charge in [-0.25, -0.2) is 14.4 Å². The van der Waals surface area contributed by atoms with Crippen molar-refractivity contribution >= 4 is 51.5 Å². The largest absolute Gasteiger partial charge is 0.491 e. The second-order valence-corrected chi connectivity index (χ2v) is 7.89. The standard InChI is InChI=1S/C23H25Cl2FN4O5/c1-2-32-5-6-33-7-8-34-9-10-35-14-3-4-15-19(11-14)28-23(21(27)31)30-22(15)29-20-13-17(25)16(24)12-18(20)26/h3-4,11-13H,2,5-10H2,1H3,(H2,27,31)(H,28,29,30). The smallest absolute Gasteiger partial charge is 0.286 e. The molecule has 188 valence electrons. The Hall–Kier alpha value is -2.76. The Balaban J connectivity index is 1.65. The minimum atomic E-state index is -0.840. The third-order valence-corrected chi connectivity index (χ3v) is 5.32. The molecule has 1 aromatic heterocycles. The molecule has 0 aliphatic heterocycles. The summed E-state index contributed by atoms with van der Waals surface area (Å²) in [5.41, 5.74) is 5.78. The van der Waals surface area contributed by atoms with Crippen LogP contribution in [0.1, 0.15) is 17.5 Å². The molecule has 12 heteroatoms. The Morgan fingerprint density at radius 3 is 2.31 bits per heavy atom. The van der Waals surface area contributed by atoms with Crippen LogP contribution in [0.5, 0.6) is 5.75 Å². The summed E-state index contributed by atoms with van der Waals surface area (Å²) in [6, 6.07) is 7.39. The summed E-state index contributed by atoms with van der Waals surface area (Å²) in [5, 5.41) is 3.56. The van der Waals surface area contributed by atoms with Crippen LogP contribution in [-0.4, -0.2) is 62.1 Å². The number of carbonyl (C=O) groups is 1. The minimum Gasteiger partial charge on any atom is -0.491 e. The Morgan fingerprint density at radius 2 is 1.63 bits per heavy atom. The molecule has 0 atom stereocenters. The number of nitrogens with two attached hydrogens (primary N) is 1. The highest BCUT2D eigenvalue weighted by Gasteiger charge is 2.15. The average molecular weight is 527 g/mol. The molecule has 0 fully saturated rings. The number of nitrogens with one attached hydrogen (secondary N) is 1. The number of aromatic nitrogens is 2. The maximum atomic E-state index is 14.4. The van der Waals surface area contributed by atoms with E-state index in [1.807, 2.05) is 6.92 Å². The number of rotatable bonds is 14. The zero-order valence-corrected chi connectivity index (χ0v) is 20.5. The van der Waals surface area contributed by atoms with Crippen LogP contribution >= 0.6 is 23.2 Å². The van der Waals surface area contributed by atoms with E-state index in [0.717, 1.165) is 6.07 Å². The van der Waals surface area contributed by atoms with E-state index < -0.39 is 11.7 Å². The van der Waals surface area contributed by atoms with E-state index >= 15 is 0 Å². The molecule has 2 aromatic carbocycles. The molecule has 0 saturated heterocycles. The second kappa shape index (κ2) is 13.4. The molecule has 0 aliphatic rings. The first-order chi connectivity index (χ1) is 16.9. The van der Waals surface area contributed by atoms with Crippen molar-refractivity contribution in [3.05, 3.63) is 52.0 Å². The highest BCUT2D eigenvalue weighted by atomic mass is 35.5. The fraction of sp³-hybridized carbons (Fsp3) is 0.348. The Kier molecular flexibility index (Phi) is 10.2. The lowest BCUT2D eigenvalue weighted by atomic mass is 10.2. The maximum absolute atomic E-state index is 14.4. The van der Waals surface area contributed by atoms with Gasteiger partial charge in [0, 0.05) is 18.1 Å². The van der Waals surface area contributed by atoms with Crippen LogP contribution in [0, 0.1) is 5.82 Å². The van der Waals surface area contributed by atoms with Gasteiger partial charge < -0.3 is 30.0 Å². The first-order valence-corrected chi connectivity index (χ1v) is 11.5. The summed E-state index contributed by atoms with van der Waals surface area (Å²) in [6.45, 7) is 5.21. The number of nitrogens with zero attached hydrogens (tertiary/aromatic N) is 2. The van der Waals surface area contributed by atoms with Gasteiger partial charge in [-0.1, -0.05) is 23.2 Å². The number of anilines is 2. The molecule has 3 aromatic rings. The fourth-order valence-corrected chi connectivity index (χ4v) is 3.27. The van der Waals surface area contributed by atoms with E-state index in [-0.39, 0.29) is 34.0 Å². The summed E-state index contributed by atoms with van der Waals surface area (Å²) in [4.78, 5) is 20.1. The first-order valence-electron chi connectivity index (χ1n) is 10.8. The normalized spacial score (nSPS) is 11.1. The number of halogens is 3. The second-order valence-electron chi connectivity index (χ2n) is 7.08. The SMILES string of the molecule is CCOCCOCCOCCOc1ccc2c(Nc3cc(Cl)c(Cl)cc3F)nc(C(N)=O)nc2c1. The van der Waals surface area contributed by atoms with Gasteiger partial charge in [0.05, 0.1) is 54.3 Å². The van der Waals surface area contributed by atoms with Crippen molar-refractivity contribution in [2.45, 2.75) is 6.92 Å². The van der Waals surface area contributed by atoms with E-state index in [2.05, 4.69) is 15.3 Å². The monoisotopic (exact) mass is 526 g/mol. The zero-order valence-electron chi connectivity index (χ0n) is 19.0. The molecular formula is C23H25Cl2FN4O5. The van der Waals surface area contributed by atoms with Crippen molar-refractivity contribution in [1.29, 1.82) is 0 Å². The van der Waals surface area contributed by atoms with E-state index in [4.69, 9.17) is 47.9 Å². The number of primary amides is 1. The lowest BCUT2D eigenvalue weighted by Crippen LogP contribution is -2.16. The molecule has 1 amide bonds. The lowest BCUT2D eigenvalue weighted by Gasteiger charge is -2.13. The maximum Gasteiger partial charge on any atom is 0.286 e. The summed E-state index contributed by atoms with van der Waals surface area (Å²) < 4.78 is 36.1. The molecule has 0 aliphatic carbocycles. The number of carbonyl (C=O) groups excluding carboxylic acids is 1. The van der Waals surface area contributed by atoms with Crippen LogP contribution in [0.2, 0.25) is 10.0 Å². The highest BCUT2D eigenvalue weighted by Crippen LogP contribution is 2.32. The molecule has 0 spiro atoms. The van der Waals surface area contributed by atoms with Gasteiger partial charge in [0.25, 0.3) is 5.91 Å². The predicted molar refractivity (Wildman–Crippen MR) is 131 cm³/mol. The zero-order chi connectivity index (χ0) is 25.2. The summed E-state index contributed by atoms with van der Waals surface area (Å²) in [7, 11) is 0. The van der Waals surface area contributed by atoms with Crippen molar-refractivity contribution < 1.29 is 28.1 Å². The van der Waals surface area contributed by atoms with Gasteiger partial charge in [0.15, 0.2) is 0 Å². The number of amides is 1. The van der Waals surface area contributed by atoms with E-state index in [9.17, 15) is 9.18 Å². The van der Waals surface area contributed by atoms with Gasteiger partial charge in [0.2, 0.25) is 5.82 Å². The third-order valence-electron chi connectivity index (χ3n) is 4.60. The summed E-state index contributed by atoms with van der Waals surface area (Å²) in [6.07, 6.45) is 0. The molecule has 3 N–H and O–H groups in total. The molecule has 9 nitrogen and oxygen atoms in total. The Bertz CT molecular complexity index is 1170. The van der Waals surface area contributed by atoms with Gasteiger partial charge in [-0.15, -0.1) is 0 Å². The Morgan fingerprint density at radius 1 is 0.971 bits per heavy atom. The van der Waals surface area contributed by atoms with Gasteiger partial charge >= 0.3 is 0 Å². The van der Waals surface area contributed by atoms with Gasteiger partial charge in [0.1, 0.15) is 24.0 Å². The van der Waals surface area contributed by atoms with Crippen LogP contribution in [0.25, 0.3) is 10.9 Å². The molecule has 1 heterocycles. The van der Waals surface area contributed by atoms with Crippen molar-refractivity contribution in [2.75, 3.05) is 51.6 Å². The molecule has 0 saturated carbocycles. The van der Waals surface area contributed by atoms with Crippen LogP contribution < -0.4 is 15.8 Å². The highest BCUT2D eigenvalue weighted by molar-refractivity contribution is 6.42. The van der Waals surface area contributed by atoms with Gasteiger partial charge in [-0.2, -0.15) is 0 Å². The van der Waals surface area contributed by atoms with Crippen LogP contribution in [-0.2, 0) is 14.2 Å². The van der Waals surface area contributed by atoms with Crippen LogP contribution in [0.4, 0.5) is 15.9 Å². The van der Waals surface area contributed by atoms with E-state index in [0.29, 0.717) is 56.3 Å². The van der Waals surface area contributed by atoms with Gasteiger partial charge in [-0.05, 0) is 31.2 Å². The van der Waals surface area contributed by atoms with Gasteiger partial charge in [-0.3, -0.25) is 4.79 Å². The number of benzene rings is 2. The summed E-state index contributed by atoms with van der Waals surface area (Å²) in [5.74, 6) is -1.07. The molecule has 35 heavy (non-hydrogen) atoms. The minimum absolute atomic E-state index is 0.0224. The molecule has 0 radical (unpaired) electrons. The predicted octanol–water partition coefficient (Wildman–Crippen LogP) is 4.37. The first kappa shape index (κ1) is 26.8. The molecule has 3 rings (SSSR count). The van der Waals surface area contributed by atoms with Crippen molar-refractivity contribution in [2.24, 2.45) is 5.73 Å². The molecule has 0 bridgehead atoms. The Labute approximate surface area is 211 Å². The fourth-order valence-electron chi connectivity index (χ4n) is 2.95.